The first-order valence-corrected chi connectivity index (χ1v) is 15.7. The highest BCUT2D eigenvalue weighted by Crippen LogP contribution is 2.64. The van der Waals surface area contributed by atoms with Crippen molar-refractivity contribution in [3.8, 4) is 0 Å². The van der Waals surface area contributed by atoms with Gasteiger partial charge in [-0.3, -0.25) is 14.9 Å². The summed E-state index contributed by atoms with van der Waals surface area (Å²) in [6, 6.07) is 9.77. The summed E-state index contributed by atoms with van der Waals surface area (Å²) < 4.78 is 16.6. The van der Waals surface area contributed by atoms with E-state index in [9.17, 15) is 14.7 Å². The normalized spacial score (nSPS) is 32.2. The van der Waals surface area contributed by atoms with Crippen molar-refractivity contribution < 1.29 is 19.1 Å². The number of hydrogen-bond donors (Lipinski definition) is 4. The Morgan fingerprint density at radius 2 is 1.80 bits per heavy atom. The first-order chi connectivity index (χ1) is 19.0. The Hall–Kier alpha value is -1.75. The monoisotopic (exact) mass is 679 g/mol. The summed E-state index contributed by atoms with van der Waals surface area (Å²) in [4.78, 5) is 28.7. The Balaban J connectivity index is 1.54. The van der Waals surface area contributed by atoms with Gasteiger partial charge in [0.05, 0.1) is 12.1 Å². The zero-order valence-corrected chi connectivity index (χ0v) is 25.7. The maximum Gasteiger partial charge on any atom is 0.238 e. The maximum absolute atomic E-state index is 16.1. The van der Waals surface area contributed by atoms with E-state index in [-0.39, 0.29) is 29.4 Å². The fraction of sp³-hybridized carbons (Fsp3) is 0.548. The fourth-order valence-corrected chi connectivity index (χ4v) is 8.62. The number of rotatable bonds is 3. The molecule has 2 aliphatic heterocycles. The molecule has 2 saturated carbocycles. The highest BCUT2D eigenvalue weighted by molar-refractivity contribution is 14.1. The van der Waals surface area contributed by atoms with Gasteiger partial charge in [-0.05, 0) is 109 Å². The minimum Gasteiger partial charge on any atom is -0.393 e. The first kappa shape index (κ1) is 28.4. The molecule has 3 atom stereocenters. The zero-order chi connectivity index (χ0) is 28.4. The van der Waals surface area contributed by atoms with E-state index in [1.54, 1.807) is 30.3 Å². The van der Waals surface area contributed by atoms with Crippen LogP contribution in [0, 0.1) is 14.8 Å². The van der Waals surface area contributed by atoms with Crippen molar-refractivity contribution in [1.29, 1.82) is 0 Å². The summed E-state index contributed by atoms with van der Waals surface area (Å²) in [5, 5.41) is 20.5. The second-order valence-corrected chi connectivity index (χ2v) is 14.6. The molecule has 0 unspecified atom stereocenters. The van der Waals surface area contributed by atoms with Crippen LogP contribution in [-0.2, 0) is 15.0 Å². The van der Waals surface area contributed by atoms with Crippen molar-refractivity contribution in [3.05, 3.63) is 61.9 Å². The molecule has 6 rings (SSSR count). The number of carbonyl (C=O) groups is 2. The highest BCUT2D eigenvalue weighted by Gasteiger charge is 2.73. The second kappa shape index (κ2) is 10.2. The van der Waals surface area contributed by atoms with Gasteiger partial charge in [-0.2, -0.15) is 0 Å². The van der Waals surface area contributed by atoms with Crippen LogP contribution < -0.4 is 16.0 Å². The Kier molecular flexibility index (Phi) is 7.24. The Morgan fingerprint density at radius 1 is 1.10 bits per heavy atom. The van der Waals surface area contributed by atoms with Crippen molar-refractivity contribution in [2.45, 2.75) is 100 Å². The lowest BCUT2D eigenvalue weighted by atomic mass is 9.53. The SMILES string of the molecule is CC1(C)CCC2(CC1)N[C@@H](C(=O)N[C@H]1CC[C@H](O)CC1)[C@H](c1cccc(I)c1F)[C@]21C(=O)Nc2cc(Cl)ccc21. The van der Waals surface area contributed by atoms with Crippen LogP contribution in [0.3, 0.4) is 0 Å². The van der Waals surface area contributed by atoms with E-state index < -0.39 is 28.7 Å². The van der Waals surface area contributed by atoms with Crippen molar-refractivity contribution in [2.75, 3.05) is 5.32 Å². The number of benzene rings is 2. The number of aliphatic hydroxyl groups excluding tert-OH is 1. The van der Waals surface area contributed by atoms with Crippen LogP contribution in [0.4, 0.5) is 10.1 Å². The minimum atomic E-state index is -1.21. The van der Waals surface area contributed by atoms with Crippen molar-refractivity contribution in [1.82, 2.24) is 10.6 Å². The van der Waals surface area contributed by atoms with Gasteiger partial charge in [-0.1, -0.05) is 43.6 Å². The number of hydrogen-bond acceptors (Lipinski definition) is 4. The quantitative estimate of drug-likeness (QED) is 0.310. The number of nitrogens with one attached hydrogen (secondary N) is 3. The number of aliphatic hydroxyl groups is 1. The lowest BCUT2D eigenvalue weighted by molar-refractivity contribution is -0.125. The number of anilines is 1. The van der Waals surface area contributed by atoms with Crippen LogP contribution in [0.2, 0.25) is 5.02 Å². The van der Waals surface area contributed by atoms with Crippen LogP contribution >= 0.6 is 34.2 Å². The molecule has 4 N–H and O–H groups in total. The number of amides is 2. The van der Waals surface area contributed by atoms with Crippen LogP contribution in [-0.4, -0.2) is 40.6 Å². The molecule has 2 spiro atoms. The molecule has 2 aliphatic carbocycles. The molecule has 3 fully saturated rings. The Labute approximate surface area is 253 Å². The minimum absolute atomic E-state index is 0.0691. The molecule has 6 nitrogen and oxygen atoms in total. The van der Waals surface area contributed by atoms with Crippen LogP contribution in [0.25, 0.3) is 0 Å². The van der Waals surface area contributed by atoms with Gasteiger partial charge < -0.3 is 15.7 Å². The molecule has 4 aliphatic rings. The lowest BCUT2D eigenvalue weighted by Crippen LogP contribution is -2.61. The average molecular weight is 680 g/mol. The number of carbonyl (C=O) groups excluding carboxylic acids is 2. The molecule has 40 heavy (non-hydrogen) atoms. The van der Waals surface area contributed by atoms with Gasteiger partial charge in [0.2, 0.25) is 11.8 Å². The van der Waals surface area contributed by atoms with Gasteiger partial charge >= 0.3 is 0 Å². The molecule has 0 bridgehead atoms. The van der Waals surface area contributed by atoms with Crippen molar-refractivity contribution >= 4 is 51.7 Å². The molecule has 9 heteroatoms. The van der Waals surface area contributed by atoms with Gasteiger partial charge in [-0.15, -0.1) is 0 Å². The topological polar surface area (TPSA) is 90.5 Å². The molecule has 2 aromatic rings. The third-order valence-corrected chi connectivity index (χ3v) is 11.2. The number of fused-ring (bicyclic) bond motifs is 3. The standard InChI is InChI=1S/C31H36ClFIN3O3/c1-29(2)12-14-30(15-13-29)31(21-11-6-17(32)16-23(21)36-28(31)40)24(20-4-3-5-22(34)25(20)33)26(37-30)27(39)35-18-7-9-19(38)10-8-18/h3-6,11,16,18-19,24,26,37-38H,7-10,12-15H2,1-2H3,(H,35,39)(H,36,40)/t18-,19-,24-,26+,31+/m0/s1. The van der Waals surface area contributed by atoms with Crippen molar-refractivity contribution in [2.24, 2.45) is 5.41 Å². The van der Waals surface area contributed by atoms with E-state index in [0.717, 1.165) is 18.4 Å². The molecular formula is C31H36ClFIN3O3. The lowest BCUT2D eigenvalue weighted by Gasteiger charge is -2.50. The smallest absolute Gasteiger partial charge is 0.238 e. The molecule has 2 amide bonds. The third kappa shape index (κ3) is 4.39. The largest absolute Gasteiger partial charge is 0.393 e. The second-order valence-electron chi connectivity index (χ2n) is 13.0. The third-order valence-electron chi connectivity index (χ3n) is 10.1. The molecule has 214 valence electrons. The van der Waals surface area contributed by atoms with E-state index in [1.165, 1.54) is 0 Å². The Morgan fingerprint density at radius 3 is 2.50 bits per heavy atom. The zero-order valence-electron chi connectivity index (χ0n) is 22.8. The molecule has 1 saturated heterocycles. The molecule has 0 aromatic heterocycles. The van der Waals surface area contributed by atoms with Gasteiger partial charge in [-0.25, -0.2) is 4.39 Å². The summed E-state index contributed by atoms with van der Waals surface area (Å²) in [7, 11) is 0. The molecule has 0 radical (unpaired) electrons. The maximum atomic E-state index is 16.1. The van der Waals surface area contributed by atoms with Crippen LogP contribution in [0.1, 0.15) is 82.3 Å². The van der Waals surface area contributed by atoms with Crippen molar-refractivity contribution in [3.63, 3.8) is 0 Å². The summed E-state index contributed by atoms with van der Waals surface area (Å²) in [5.74, 6) is -1.60. The summed E-state index contributed by atoms with van der Waals surface area (Å²) in [5.41, 5.74) is -0.0967. The summed E-state index contributed by atoms with van der Waals surface area (Å²) in [6.07, 6.45) is 5.40. The summed E-state index contributed by atoms with van der Waals surface area (Å²) in [6.45, 7) is 4.48. The van der Waals surface area contributed by atoms with E-state index in [2.05, 4.69) is 29.8 Å². The highest BCUT2D eigenvalue weighted by atomic mass is 127. The van der Waals surface area contributed by atoms with E-state index in [0.29, 0.717) is 58.4 Å². The van der Waals surface area contributed by atoms with Crippen LogP contribution in [0.15, 0.2) is 36.4 Å². The fourth-order valence-electron chi connectivity index (χ4n) is 7.93. The predicted molar refractivity (Wildman–Crippen MR) is 162 cm³/mol. The first-order valence-electron chi connectivity index (χ1n) is 14.3. The summed E-state index contributed by atoms with van der Waals surface area (Å²) >= 11 is 8.35. The van der Waals surface area contributed by atoms with Crippen LogP contribution in [0.5, 0.6) is 0 Å². The van der Waals surface area contributed by atoms with E-state index in [1.807, 2.05) is 28.7 Å². The van der Waals surface area contributed by atoms with Gasteiger partial charge in [0, 0.05) is 31.8 Å². The van der Waals surface area contributed by atoms with Gasteiger partial charge in [0.15, 0.2) is 0 Å². The molecule has 2 heterocycles. The molecule has 2 aromatic carbocycles. The average Bonchev–Trinajstić information content (AvgIpc) is 3.37. The van der Waals surface area contributed by atoms with Gasteiger partial charge in [0.25, 0.3) is 0 Å². The predicted octanol–water partition coefficient (Wildman–Crippen LogP) is 5.79. The van der Waals surface area contributed by atoms with E-state index >= 15 is 4.39 Å². The Bertz CT molecular complexity index is 1350. The van der Waals surface area contributed by atoms with E-state index in [4.69, 9.17) is 11.6 Å². The molecular weight excluding hydrogens is 644 g/mol. The number of halogens is 3. The van der Waals surface area contributed by atoms with Gasteiger partial charge in [0.1, 0.15) is 11.2 Å².